The van der Waals surface area contributed by atoms with Crippen molar-refractivity contribution >= 4 is 23.1 Å². The van der Waals surface area contributed by atoms with Crippen LogP contribution in [0, 0.1) is 24.5 Å². The van der Waals surface area contributed by atoms with Crippen LogP contribution in [0.25, 0.3) is 5.57 Å². The third-order valence-electron chi connectivity index (χ3n) is 9.60. The Morgan fingerprint density at radius 2 is 1.83 bits per heavy atom. The van der Waals surface area contributed by atoms with Gasteiger partial charge in [0.1, 0.15) is 16.6 Å². The number of fused-ring (bicyclic) bond motifs is 2. The van der Waals surface area contributed by atoms with Gasteiger partial charge in [-0.25, -0.2) is 8.78 Å². The van der Waals surface area contributed by atoms with Crippen LogP contribution in [0.2, 0.25) is 5.02 Å². The van der Waals surface area contributed by atoms with E-state index in [0.29, 0.717) is 19.4 Å². The highest BCUT2D eigenvalue weighted by molar-refractivity contribution is 6.32. The summed E-state index contributed by atoms with van der Waals surface area (Å²) in [6.45, 7) is 2.87. The third-order valence-corrected chi connectivity index (χ3v) is 9.95. The molecule has 2 bridgehead atoms. The summed E-state index contributed by atoms with van der Waals surface area (Å²) in [6, 6.07) is 16.6. The number of carbonyl (C=O) groups excluding carboxylic acids is 1. The molecule has 3 atom stereocenters. The van der Waals surface area contributed by atoms with E-state index in [-0.39, 0.29) is 53.9 Å². The summed E-state index contributed by atoms with van der Waals surface area (Å²) in [4.78, 5) is 16.7. The first-order valence-electron chi connectivity index (χ1n) is 16.2. The lowest BCUT2D eigenvalue weighted by molar-refractivity contribution is -0.128. The van der Waals surface area contributed by atoms with Crippen molar-refractivity contribution in [2.45, 2.75) is 76.5 Å². The summed E-state index contributed by atoms with van der Waals surface area (Å²) < 4.78 is 38.8. The quantitative estimate of drug-likeness (QED) is 0.163. The Labute approximate surface area is 274 Å². The number of ether oxygens (including phenoxy) is 2. The van der Waals surface area contributed by atoms with Crippen LogP contribution in [0.3, 0.4) is 0 Å². The number of aliphatic hydroxyl groups is 1. The minimum atomic E-state index is -0.717. The van der Waals surface area contributed by atoms with E-state index in [0.717, 1.165) is 83.4 Å². The van der Waals surface area contributed by atoms with Gasteiger partial charge in [-0.2, -0.15) is 0 Å². The second-order valence-corrected chi connectivity index (χ2v) is 13.1. The van der Waals surface area contributed by atoms with Gasteiger partial charge in [-0.3, -0.25) is 4.79 Å². The van der Waals surface area contributed by atoms with Crippen molar-refractivity contribution in [1.82, 2.24) is 10.2 Å². The van der Waals surface area contributed by atoms with E-state index < -0.39 is 11.6 Å². The molecule has 2 fully saturated rings. The number of carbonyl (C=O) groups is 1. The van der Waals surface area contributed by atoms with Crippen LogP contribution in [0.4, 0.5) is 8.78 Å². The van der Waals surface area contributed by atoms with Gasteiger partial charge in [0, 0.05) is 36.9 Å². The topological polar surface area (TPSA) is 71.0 Å². The van der Waals surface area contributed by atoms with E-state index in [1.165, 1.54) is 0 Å². The first kappa shape index (κ1) is 32.5. The van der Waals surface area contributed by atoms with Crippen molar-refractivity contribution in [2.24, 2.45) is 5.92 Å². The summed E-state index contributed by atoms with van der Waals surface area (Å²) in [7, 11) is 1.67. The highest BCUT2D eigenvalue weighted by atomic mass is 35.5. The van der Waals surface area contributed by atoms with Crippen molar-refractivity contribution in [3.05, 3.63) is 99.1 Å². The molecular weight excluding hydrogens is 610 g/mol. The maximum atomic E-state index is 14.6. The van der Waals surface area contributed by atoms with Gasteiger partial charge >= 0.3 is 0 Å². The monoisotopic (exact) mass is 650 g/mol. The zero-order valence-electron chi connectivity index (χ0n) is 26.3. The zero-order chi connectivity index (χ0) is 32.4. The van der Waals surface area contributed by atoms with Gasteiger partial charge in [0.15, 0.2) is 11.6 Å². The maximum absolute atomic E-state index is 14.6. The molecule has 1 amide bonds. The SMILES string of the molecule is COc1cccc(CN(C(=O)C2=C(c3ccc(CCCOc4c(F)ccc(F)c4Cl)cc3)C[C@@H]3CC(CO)C[C@H]2N3)C2CC2)c1C. The number of aryl methyl sites for hydroxylation is 1. The van der Waals surface area contributed by atoms with Crippen molar-refractivity contribution in [2.75, 3.05) is 20.3 Å². The second kappa shape index (κ2) is 14.1. The molecule has 1 unspecified atom stereocenters. The van der Waals surface area contributed by atoms with Crippen LogP contribution in [0.5, 0.6) is 11.5 Å². The van der Waals surface area contributed by atoms with Crippen molar-refractivity contribution in [3.63, 3.8) is 0 Å². The van der Waals surface area contributed by atoms with E-state index in [1.807, 2.05) is 24.0 Å². The van der Waals surface area contributed by atoms with E-state index in [1.54, 1.807) is 7.11 Å². The molecular formula is C37H41ClF2N2O4. The number of hydrogen-bond donors (Lipinski definition) is 2. The Balaban J connectivity index is 1.23. The number of hydrogen-bond acceptors (Lipinski definition) is 5. The fourth-order valence-corrected chi connectivity index (χ4v) is 7.18. The van der Waals surface area contributed by atoms with Crippen LogP contribution in [0.15, 0.2) is 60.2 Å². The van der Waals surface area contributed by atoms with Crippen molar-refractivity contribution in [1.29, 1.82) is 0 Å². The van der Waals surface area contributed by atoms with Gasteiger partial charge in [0.25, 0.3) is 5.91 Å². The Bertz CT molecular complexity index is 1610. The van der Waals surface area contributed by atoms with Gasteiger partial charge in [0.05, 0.1) is 13.7 Å². The molecule has 1 saturated heterocycles. The minimum absolute atomic E-state index is 0.0683. The lowest BCUT2D eigenvalue weighted by Crippen LogP contribution is -2.53. The predicted octanol–water partition coefficient (Wildman–Crippen LogP) is 7.02. The van der Waals surface area contributed by atoms with E-state index in [9.17, 15) is 18.7 Å². The van der Waals surface area contributed by atoms with Crippen molar-refractivity contribution in [3.8, 4) is 11.5 Å². The molecule has 0 spiro atoms. The Morgan fingerprint density at radius 1 is 1.07 bits per heavy atom. The molecule has 0 aromatic heterocycles. The number of nitrogens with zero attached hydrogens (tertiary/aromatic N) is 1. The van der Waals surface area contributed by atoms with Gasteiger partial charge < -0.3 is 24.8 Å². The largest absolute Gasteiger partial charge is 0.496 e. The van der Waals surface area contributed by atoms with E-state index in [4.69, 9.17) is 21.1 Å². The Morgan fingerprint density at radius 3 is 2.54 bits per heavy atom. The summed E-state index contributed by atoms with van der Waals surface area (Å²) >= 11 is 5.88. The highest BCUT2D eigenvalue weighted by Gasteiger charge is 2.43. The number of benzene rings is 3. The molecule has 0 radical (unpaired) electrons. The molecule has 2 heterocycles. The molecule has 2 aliphatic heterocycles. The molecule has 3 aromatic carbocycles. The van der Waals surface area contributed by atoms with Crippen LogP contribution in [-0.2, 0) is 17.8 Å². The molecule has 244 valence electrons. The van der Waals surface area contributed by atoms with Crippen molar-refractivity contribution < 1.29 is 28.2 Å². The molecule has 6 nitrogen and oxygen atoms in total. The fraction of sp³-hybridized carbons (Fsp3) is 0.432. The number of nitrogens with one attached hydrogen (secondary N) is 1. The van der Waals surface area contributed by atoms with Crippen LogP contribution < -0.4 is 14.8 Å². The normalized spacial score (nSPS) is 20.9. The number of aliphatic hydroxyl groups excluding tert-OH is 1. The third kappa shape index (κ3) is 6.94. The molecule has 3 aromatic rings. The van der Waals surface area contributed by atoms with Crippen LogP contribution in [0.1, 0.15) is 60.8 Å². The molecule has 2 N–H and O–H groups in total. The number of methoxy groups -OCH3 is 1. The molecule has 1 saturated carbocycles. The number of rotatable bonds is 12. The lowest BCUT2D eigenvalue weighted by atomic mass is 9.75. The lowest BCUT2D eigenvalue weighted by Gasteiger charge is -2.43. The molecule has 9 heteroatoms. The maximum Gasteiger partial charge on any atom is 0.252 e. The van der Waals surface area contributed by atoms with Gasteiger partial charge in [-0.15, -0.1) is 0 Å². The van der Waals surface area contributed by atoms with Gasteiger partial charge in [-0.1, -0.05) is 48.0 Å². The number of piperidine rings is 1. The first-order chi connectivity index (χ1) is 22.3. The Hall–Kier alpha value is -3.46. The van der Waals surface area contributed by atoms with Crippen LogP contribution in [-0.4, -0.2) is 54.4 Å². The average molecular weight is 651 g/mol. The van der Waals surface area contributed by atoms with Gasteiger partial charge in [-0.05, 0) is 104 Å². The van der Waals surface area contributed by atoms with Crippen LogP contribution >= 0.6 is 11.6 Å². The summed E-state index contributed by atoms with van der Waals surface area (Å²) in [5.41, 5.74) is 6.13. The first-order valence-corrected chi connectivity index (χ1v) is 16.5. The van der Waals surface area contributed by atoms with E-state index >= 15 is 0 Å². The smallest absolute Gasteiger partial charge is 0.252 e. The molecule has 6 rings (SSSR count). The summed E-state index contributed by atoms with van der Waals surface area (Å²) in [6.07, 6.45) is 5.58. The molecule has 46 heavy (non-hydrogen) atoms. The van der Waals surface area contributed by atoms with Gasteiger partial charge in [0.2, 0.25) is 0 Å². The average Bonchev–Trinajstić information content (AvgIpc) is 3.91. The Kier molecular flexibility index (Phi) is 9.97. The number of halogens is 3. The summed E-state index contributed by atoms with van der Waals surface area (Å²) in [5.74, 6) is -0.620. The molecule has 1 aliphatic carbocycles. The minimum Gasteiger partial charge on any atom is -0.496 e. The second-order valence-electron chi connectivity index (χ2n) is 12.8. The predicted molar refractivity (Wildman–Crippen MR) is 175 cm³/mol. The van der Waals surface area contributed by atoms with E-state index in [2.05, 4.69) is 35.6 Å². The highest BCUT2D eigenvalue weighted by Crippen LogP contribution is 2.41. The number of amides is 1. The summed E-state index contributed by atoms with van der Waals surface area (Å²) in [5, 5.41) is 13.4. The zero-order valence-corrected chi connectivity index (χ0v) is 27.1. The molecule has 3 aliphatic rings. The standard InChI is InChI=1S/C37H41ClF2N2O4/c1-22-26(6-3-7-33(22)45-2)20-42(28-12-13-28)37(44)34-29(19-27-17-24(21-43)18-32(34)41-27)25-10-8-23(9-11-25)5-4-16-46-36-31(40)15-14-30(39)35(36)38/h3,6-11,14-15,24,27-28,32,41,43H,4-5,12-13,16-21H2,1-2H3/t24?,27-,32+/m0/s1. The fourth-order valence-electron chi connectivity index (χ4n) is 6.97.